The smallest absolute Gasteiger partial charge is 0.327 e. The largest absolute Gasteiger partial charge is 0.478 e. The fraction of sp³-hybridized carbons (Fsp3) is 0. The first kappa shape index (κ1) is 15.3. The summed E-state index contributed by atoms with van der Waals surface area (Å²) in [5, 5.41) is 12.2. The number of rotatable bonds is 5. The van der Waals surface area contributed by atoms with Crippen LogP contribution in [0.1, 0.15) is 0 Å². The summed E-state index contributed by atoms with van der Waals surface area (Å²) in [6.45, 7) is 2.96. The molecule has 0 unspecified atom stereocenters. The number of para-hydroxylation sites is 2. The van der Waals surface area contributed by atoms with Crippen molar-refractivity contribution in [3.63, 3.8) is 0 Å². The van der Waals surface area contributed by atoms with Crippen molar-refractivity contribution in [1.82, 2.24) is 0 Å². The third kappa shape index (κ3) is 6.83. The van der Waals surface area contributed by atoms with Gasteiger partial charge < -0.3 is 5.11 Å². The summed E-state index contributed by atoms with van der Waals surface area (Å²) >= 11 is 0. The van der Waals surface area contributed by atoms with Crippen LogP contribution in [-0.2, 0) is 9.83 Å². The summed E-state index contributed by atoms with van der Waals surface area (Å²) in [6, 6.07) is 18.3. The van der Waals surface area contributed by atoms with E-state index in [0.29, 0.717) is 11.5 Å². The van der Waals surface area contributed by atoms with Crippen molar-refractivity contribution >= 4 is 5.97 Å². The molecular weight excluding hydrogens is 260 g/mol. The summed E-state index contributed by atoms with van der Waals surface area (Å²) < 4.78 is 0. The molecule has 2 rings (SSSR count). The molecule has 5 heteroatoms. The minimum atomic E-state index is -0.981. The number of benzene rings is 2. The molecular formula is C15H14O5. The van der Waals surface area contributed by atoms with Gasteiger partial charge >= 0.3 is 5.97 Å². The molecule has 0 heterocycles. The molecule has 0 radical (unpaired) electrons. The van der Waals surface area contributed by atoms with Gasteiger partial charge in [0.25, 0.3) is 0 Å². The molecule has 0 spiro atoms. The first-order valence-electron chi connectivity index (χ1n) is 5.69. The first-order valence-corrected chi connectivity index (χ1v) is 5.69. The number of carbonyl (C=O) groups is 1. The van der Waals surface area contributed by atoms with Crippen molar-refractivity contribution in [2.24, 2.45) is 0 Å². The van der Waals surface area contributed by atoms with Crippen LogP contribution in [0.25, 0.3) is 0 Å². The van der Waals surface area contributed by atoms with Crippen LogP contribution in [-0.4, -0.2) is 11.1 Å². The van der Waals surface area contributed by atoms with Gasteiger partial charge in [-0.2, -0.15) is 0 Å². The summed E-state index contributed by atoms with van der Waals surface area (Å²) in [6.07, 6.45) is 0.833. The quantitative estimate of drug-likeness (QED) is 0.515. The van der Waals surface area contributed by atoms with Crippen LogP contribution in [0.4, 0.5) is 0 Å². The van der Waals surface area contributed by atoms with Crippen LogP contribution < -0.4 is 9.78 Å². The Morgan fingerprint density at radius 3 is 1.55 bits per heavy atom. The summed E-state index contributed by atoms with van der Waals surface area (Å²) in [5.74, 6) is 0.201. The maximum Gasteiger partial charge on any atom is 0.327 e. The third-order valence-corrected chi connectivity index (χ3v) is 1.92. The van der Waals surface area contributed by atoms with Crippen molar-refractivity contribution < 1.29 is 24.7 Å². The topological polar surface area (TPSA) is 65.0 Å². The van der Waals surface area contributed by atoms with E-state index >= 15 is 0 Å². The number of hydrogen-bond acceptors (Lipinski definition) is 4. The molecule has 0 fully saturated rings. The van der Waals surface area contributed by atoms with Crippen molar-refractivity contribution in [2.75, 3.05) is 0 Å². The lowest BCUT2D eigenvalue weighted by Crippen LogP contribution is -2.01. The predicted molar refractivity (Wildman–Crippen MR) is 73.1 cm³/mol. The Labute approximate surface area is 116 Å². The number of hydrogen-bond donors (Lipinski definition) is 1. The van der Waals surface area contributed by atoms with Gasteiger partial charge in [0.05, 0.1) is 0 Å². The second-order valence-corrected chi connectivity index (χ2v) is 3.40. The Balaban J connectivity index is 0.000000347. The zero-order valence-corrected chi connectivity index (χ0v) is 10.6. The van der Waals surface area contributed by atoms with E-state index in [9.17, 15) is 4.79 Å². The minimum Gasteiger partial charge on any atom is -0.478 e. The molecule has 0 aliphatic heterocycles. The molecule has 0 saturated carbocycles. The number of carboxylic acids is 1. The van der Waals surface area contributed by atoms with Crippen LogP contribution in [0.3, 0.4) is 0 Å². The Bertz CT molecular complexity index is 471. The molecule has 2 aromatic carbocycles. The highest BCUT2D eigenvalue weighted by molar-refractivity contribution is 5.78. The van der Waals surface area contributed by atoms with E-state index < -0.39 is 5.97 Å². The Hall–Kier alpha value is -2.79. The van der Waals surface area contributed by atoms with E-state index in [1.165, 1.54) is 0 Å². The van der Waals surface area contributed by atoms with Crippen molar-refractivity contribution in [1.29, 1.82) is 0 Å². The normalized spacial score (nSPS) is 8.80. The van der Waals surface area contributed by atoms with Gasteiger partial charge in [-0.25, -0.2) is 4.79 Å². The van der Waals surface area contributed by atoms with Gasteiger partial charge in [-0.1, -0.05) is 43.0 Å². The highest BCUT2D eigenvalue weighted by atomic mass is 17.5. The fourth-order valence-electron chi connectivity index (χ4n) is 1.05. The van der Waals surface area contributed by atoms with Crippen LogP contribution >= 0.6 is 0 Å². The van der Waals surface area contributed by atoms with Crippen molar-refractivity contribution in [3.05, 3.63) is 73.3 Å². The van der Waals surface area contributed by atoms with Crippen LogP contribution in [0.5, 0.6) is 11.5 Å². The third-order valence-electron chi connectivity index (χ3n) is 1.92. The SMILES string of the molecule is C=CC(=O)O.c1ccc(OOOc2ccccc2)cc1. The Morgan fingerprint density at radius 1 is 0.900 bits per heavy atom. The Morgan fingerprint density at radius 2 is 1.25 bits per heavy atom. The lowest BCUT2D eigenvalue weighted by Gasteiger charge is -2.03. The highest BCUT2D eigenvalue weighted by Gasteiger charge is 1.95. The van der Waals surface area contributed by atoms with Gasteiger partial charge in [-0.3, -0.25) is 9.78 Å². The van der Waals surface area contributed by atoms with Gasteiger partial charge in [0.15, 0.2) is 11.5 Å². The van der Waals surface area contributed by atoms with Gasteiger partial charge in [0.2, 0.25) is 0 Å². The molecule has 0 aliphatic carbocycles. The van der Waals surface area contributed by atoms with E-state index in [4.69, 9.17) is 14.9 Å². The molecule has 0 saturated heterocycles. The lowest BCUT2D eigenvalue weighted by molar-refractivity contribution is -0.411. The average Bonchev–Trinajstić information content (AvgIpc) is 2.50. The van der Waals surface area contributed by atoms with Crippen molar-refractivity contribution in [2.45, 2.75) is 0 Å². The molecule has 0 amide bonds. The molecule has 20 heavy (non-hydrogen) atoms. The summed E-state index contributed by atoms with van der Waals surface area (Å²) in [5.41, 5.74) is 0. The van der Waals surface area contributed by atoms with Crippen LogP contribution in [0.2, 0.25) is 0 Å². The molecule has 104 valence electrons. The number of carboxylic acid groups (broad SMARTS) is 1. The van der Waals surface area contributed by atoms with E-state index in [2.05, 4.69) is 11.6 Å². The molecule has 2 aromatic rings. The highest BCUT2D eigenvalue weighted by Crippen LogP contribution is 2.12. The molecule has 0 atom stereocenters. The molecule has 1 N–H and O–H groups in total. The maximum atomic E-state index is 9.25. The average molecular weight is 274 g/mol. The Kier molecular flexibility index (Phi) is 7.01. The fourth-order valence-corrected chi connectivity index (χ4v) is 1.05. The van der Waals surface area contributed by atoms with E-state index in [0.717, 1.165) is 6.08 Å². The summed E-state index contributed by atoms with van der Waals surface area (Å²) in [7, 11) is 0. The van der Waals surface area contributed by atoms with Crippen molar-refractivity contribution in [3.8, 4) is 11.5 Å². The first-order chi connectivity index (χ1) is 9.72. The van der Waals surface area contributed by atoms with Gasteiger partial charge in [0.1, 0.15) is 0 Å². The van der Waals surface area contributed by atoms with Crippen LogP contribution in [0, 0.1) is 0 Å². The van der Waals surface area contributed by atoms with Gasteiger partial charge in [0, 0.05) is 11.1 Å². The maximum absolute atomic E-state index is 9.25. The van der Waals surface area contributed by atoms with Crippen LogP contribution in [0.15, 0.2) is 73.3 Å². The van der Waals surface area contributed by atoms with Gasteiger partial charge in [-0.15, -0.1) is 0 Å². The monoisotopic (exact) mass is 274 g/mol. The molecule has 0 aromatic heterocycles. The van der Waals surface area contributed by atoms with E-state index in [1.54, 1.807) is 24.3 Å². The second kappa shape index (κ2) is 9.18. The minimum absolute atomic E-state index is 0.591. The predicted octanol–water partition coefficient (Wildman–Crippen LogP) is 3.25. The zero-order valence-electron chi connectivity index (χ0n) is 10.6. The standard InChI is InChI=1S/C12H10O3.C3H4O2/c1-3-7-11(8-4-1)13-15-14-12-9-5-2-6-10-12;1-2-3(4)5/h1-10H;2H,1H2,(H,4,5). The molecule has 0 bridgehead atoms. The van der Waals surface area contributed by atoms with E-state index in [-0.39, 0.29) is 0 Å². The zero-order chi connectivity index (χ0) is 14.6. The number of aliphatic carboxylic acids is 1. The summed E-state index contributed by atoms with van der Waals surface area (Å²) in [4.78, 5) is 19.0. The molecule has 5 nitrogen and oxygen atoms in total. The van der Waals surface area contributed by atoms with Gasteiger partial charge in [-0.05, 0) is 24.3 Å². The molecule has 0 aliphatic rings. The van der Waals surface area contributed by atoms with E-state index in [1.807, 2.05) is 36.4 Å². The lowest BCUT2D eigenvalue weighted by atomic mass is 10.3. The second-order valence-electron chi connectivity index (χ2n) is 3.40.